The lowest BCUT2D eigenvalue weighted by atomic mass is 10.1. The molecule has 0 bridgehead atoms. The quantitative estimate of drug-likeness (QED) is 0.419. The molecule has 0 aliphatic rings. The first kappa shape index (κ1) is 19.7. The first-order valence-electron chi connectivity index (χ1n) is 8.47. The Bertz CT molecular complexity index is 1020. The fourth-order valence-corrected chi connectivity index (χ4v) is 2.59. The largest absolute Gasteiger partial charge is 0.422 e. The summed E-state index contributed by atoms with van der Waals surface area (Å²) in [6.07, 6.45) is -1.93. The molecular weight excluding hydrogens is 369 g/mol. The molecule has 1 heterocycles. The number of nitrogens with one attached hydrogen (secondary N) is 1. The van der Waals surface area contributed by atoms with Gasteiger partial charge in [0.1, 0.15) is 23.0 Å². The Hall–Kier alpha value is -3.07. The Morgan fingerprint density at radius 2 is 1.89 bits per heavy atom. The third-order valence-corrected chi connectivity index (χ3v) is 4.05. The summed E-state index contributed by atoms with van der Waals surface area (Å²) in [5.41, 5.74) is -0.546. The summed E-state index contributed by atoms with van der Waals surface area (Å²) in [5.74, 6) is -1.58. The van der Waals surface area contributed by atoms with Crippen molar-refractivity contribution in [2.45, 2.75) is 18.9 Å². The Labute approximate surface area is 159 Å². The van der Waals surface area contributed by atoms with Gasteiger partial charge in [-0.3, -0.25) is 4.79 Å². The summed E-state index contributed by atoms with van der Waals surface area (Å²) in [5, 5.41) is 21.2. The lowest BCUT2D eigenvalue weighted by Gasteiger charge is -2.20. The minimum absolute atomic E-state index is 0.00601. The van der Waals surface area contributed by atoms with Gasteiger partial charge in [0.15, 0.2) is 6.29 Å². The van der Waals surface area contributed by atoms with Gasteiger partial charge in [0, 0.05) is 0 Å². The molecule has 1 atom stereocenters. The van der Waals surface area contributed by atoms with Gasteiger partial charge in [-0.15, -0.1) is 0 Å². The van der Waals surface area contributed by atoms with E-state index in [1.807, 2.05) is 30.3 Å². The first-order chi connectivity index (χ1) is 13.5. The first-order valence-corrected chi connectivity index (χ1v) is 8.47. The fourth-order valence-electron chi connectivity index (χ4n) is 2.59. The Kier molecular flexibility index (Phi) is 6.15. The molecular formula is C20H18FNO6. The molecule has 2 aromatic carbocycles. The van der Waals surface area contributed by atoms with Crippen molar-refractivity contribution in [1.29, 1.82) is 0 Å². The van der Waals surface area contributed by atoms with Gasteiger partial charge in [0.05, 0.1) is 18.6 Å². The van der Waals surface area contributed by atoms with Crippen LogP contribution >= 0.6 is 0 Å². The number of hydrogen-bond acceptors (Lipinski definition) is 6. The molecule has 146 valence electrons. The van der Waals surface area contributed by atoms with Gasteiger partial charge in [0.2, 0.25) is 0 Å². The van der Waals surface area contributed by atoms with E-state index in [0.717, 1.165) is 11.6 Å². The lowest BCUT2D eigenvalue weighted by molar-refractivity contribution is -0.0847. The molecule has 28 heavy (non-hydrogen) atoms. The van der Waals surface area contributed by atoms with Crippen molar-refractivity contribution < 1.29 is 28.6 Å². The van der Waals surface area contributed by atoms with Crippen LogP contribution in [0.3, 0.4) is 0 Å². The summed E-state index contributed by atoms with van der Waals surface area (Å²) < 4.78 is 24.3. The maximum atomic E-state index is 13.9. The van der Waals surface area contributed by atoms with Gasteiger partial charge in [-0.1, -0.05) is 36.4 Å². The van der Waals surface area contributed by atoms with Crippen molar-refractivity contribution in [1.82, 2.24) is 5.32 Å². The second kappa shape index (κ2) is 8.75. The van der Waals surface area contributed by atoms with Crippen LogP contribution in [0.5, 0.6) is 0 Å². The van der Waals surface area contributed by atoms with Crippen molar-refractivity contribution in [2.75, 3.05) is 6.61 Å². The van der Waals surface area contributed by atoms with E-state index in [4.69, 9.17) is 9.15 Å². The van der Waals surface area contributed by atoms with Crippen molar-refractivity contribution in [3.8, 4) is 0 Å². The molecule has 0 saturated carbocycles. The zero-order valence-electron chi connectivity index (χ0n) is 14.7. The molecule has 3 N–H and O–H groups in total. The molecule has 1 aromatic heterocycles. The number of fused-ring (bicyclic) bond motifs is 1. The van der Waals surface area contributed by atoms with Crippen molar-refractivity contribution in [3.05, 3.63) is 82.0 Å². The second-order valence-corrected chi connectivity index (χ2v) is 6.09. The average molecular weight is 387 g/mol. The minimum atomic E-state index is -1.93. The monoisotopic (exact) mass is 387 g/mol. The van der Waals surface area contributed by atoms with Gasteiger partial charge in [-0.25, -0.2) is 9.18 Å². The molecule has 0 aliphatic carbocycles. The number of amides is 1. The molecule has 0 saturated heterocycles. The number of aliphatic hydroxyl groups is 2. The molecule has 1 amide bonds. The number of benzene rings is 2. The summed E-state index contributed by atoms with van der Waals surface area (Å²) in [6.45, 7) is -0.0190. The van der Waals surface area contributed by atoms with Crippen LogP contribution in [-0.2, 0) is 11.3 Å². The molecule has 8 heteroatoms. The van der Waals surface area contributed by atoms with Crippen LogP contribution in [0.25, 0.3) is 11.0 Å². The van der Waals surface area contributed by atoms with Crippen LogP contribution in [0, 0.1) is 5.82 Å². The molecule has 7 nitrogen and oxygen atoms in total. The smallest absolute Gasteiger partial charge is 0.349 e. The fraction of sp³-hybridized carbons (Fsp3) is 0.200. The highest BCUT2D eigenvalue weighted by Gasteiger charge is 2.23. The van der Waals surface area contributed by atoms with Crippen LogP contribution in [0.2, 0.25) is 0 Å². The van der Waals surface area contributed by atoms with Crippen LogP contribution in [-0.4, -0.2) is 35.1 Å². The maximum Gasteiger partial charge on any atom is 0.349 e. The molecule has 0 aliphatic heterocycles. The van der Waals surface area contributed by atoms with Gasteiger partial charge >= 0.3 is 5.63 Å². The highest BCUT2D eigenvalue weighted by atomic mass is 19.1. The van der Waals surface area contributed by atoms with E-state index in [1.54, 1.807) is 0 Å². The standard InChI is InChI=1S/C20H18FNO6/c21-15-7-4-8-17-13(15)9-14(20(26)28-17)18(23)22-16(19(24)25)11-27-10-12-5-2-1-3-6-12/h1-9,16,19,24-25H,10-11H2,(H,22,23). The van der Waals surface area contributed by atoms with Gasteiger partial charge in [-0.05, 0) is 23.8 Å². The average Bonchev–Trinajstić information content (AvgIpc) is 2.67. The zero-order valence-corrected chi connectivity index (χ0v) is 14.7. The van der Waals surface area contributed by atoms with Crippen LogP contribution in [0.15, 0.2) is 63.8 Å². The minimum Gasteiger partial charge on any atom is -0.422 e. The molecule has 3 aromatic rings. The SMILES string of the molecule is O=C(NC(COCc1ccccc1)C(O)O)c1cc2c(F)cccc2oc1=O. The van der Waals surface area contributed by atoms with E-state index in [0.29, 0.717) is 0 Å². The Morgan fingerprint density at radius 1 is 1.14 bits per heavy atom. The lowest BCUT2D eigenvalue weighted by Crippen LogP contribution is -2.47. The third-order valence-electron chi connectivity index (χ3n) is 4.05. The van der Waals surface area contributed by atoms with Crippen LogP contribution in [0.1, 0.15) is 15.9 Å². The number of hydrogen-bond donors (Lipinski definition) is 3. The Morgan fingerprint density at radius 3 is 2.61 bits per heavy atom. The van der Waals surface area contributed by atoms with Gasteiger partial charge in [0.25, 0.3) is 5.91 Å². The van der Waals surface area contributed by atoms with E-state index in [2.05, 4.69) is 5.32 Å². The molecule has 0 radical (unpaired) electrons. The molecule has 1 unspecified atom stereocenters. The number of carbonyl (C=O) groups excluding carboxylic acids is 1. The van der Waals surface area contributed by atoms with E-state index >= 15 is 0 Å². The third kappa shape index (κ3) is 4.61. The highest BCUT2D eigenvalue weighted by molar-refractivity contribution is 5.96. The normalized spacial score (nSPS) is 12.3. The number of aliphatic hydroxyl groups excluding tert-OH is 1. The number of ether oxygens (including phenoxy) is 1. The summed E-state index contributed by atoms with van der Waals surface area (Å²) in [7, 11) is 0. The van der Waals surface area contributed by atoms with E-state index in [1.165, 1.54) is 18.2 Å². The van der Waals surface area contributed by atoms with Gasteiger partial charge in [-0.2, -0.15) is 0 Å². The van der Waals surface area contributed by atoms with Crippen molar-refractivity contribution in [3.63, 3.8) is 0 Å². The highest BCUT2D eigenvalue weighted by Crippen LogP contribution is 2.17. The van der Waals surface area contributed by atoms with E-state index < -0.39 is 35.2 Å². The van der Waals surface area contributed by atoms with E-state index in [-0.39, 0.29) is 24.2 Å². The van der Waals surface area contributed by atoms with Crippen molar-refractivity contribution >= 4 is 16.9 Å². The number of carbonyl (C=O) groups is 1. The topological polar surface area (TPSA) is 109 Å². The summed E-state index contributed by atoms with van der Waals surface area (Å²) in [4.78, 5) is 24.4. The summed E-state index contributed by atoms with van der Waals surface area (Å²) in [6, 6.07) is 13.0. The predicted octanol–water partition coefficient (Wildman–Crippen LogP) is 1.56. The zero-order chi connectivity index (χ0) is 20.1. The number of halogens is 1. The second-order valence-electron chi connectivity index (χ2n) is 6.09. The Balaban J connectivity index is 1.72. The molecule has 0 fully saturated rings. The number of rotatable bonds is 7. The van der Waals surface area contributed by atoms with E-state index in [9.17, 15) is 24.2 Å². The molecule has 0 spiro atoms. The summed E-state index contributed by atoms with van der Waals surface area (Å²) >= 11 is 0. The van der Waals surface area contributed by atoms with Gasteiger partial charge < -0.3 is 24.7 Å². The van der Waals surface area contributed by atoms with Crippen LogP contribution < -0.4 is 10.9 Å². The predicted molar refractivity (Wildman–Crippen MR) is 98.0 cm³/mol. The molecule has 3 rings (SSSR count). The van der Waals surface area contributed by atoms with Crippen molar-refractivity contribution in [2.24, 2.45) is 0 Å². The van der Waals surface area contributed by atoms with Crippen LogP contribution in [0.4, 0.5) is 4.39 Å². The maximum absolute atomic E-state index is 13.9.